The topological polar surface area (TPSA) is 58.6 Å². The van der Waals surface area contributed by atoms with Crippen LogP contribution >= 0.6 is 27.3 Å². The number of nitrogens with one attached hydrogen (secondary N) is 1. The fourth-order valence-corrected chi connectivity index (χ4v) is 5.72. The van der Waals surface area contributed by atoms with Crippen molar-refractivity contribution in [3.8, 4) is 0 Å². The largest absolute Gasteiger partial charge is 0.383 e. The number of halogens is 1. The molecule has 0 radical (unpaired) electrons. The van der Waals surface area contributed by atoms with E-state index in [2.05, 4.69) is 21.2 Å². The Morgan fingerprint density at radius 2 is 2.15 bits per heavy atom. The Labute approximate surface area is 133 Å². The van der Waals surface area contributed by atoms with Gasteiger partial charge in [-0.15, -0.1) is 11.3 Å². The van der Waals surface area contributed by atoms with Gasteiger partial charge in [0.2, 0.25) is 10.0 Å². The van der Waals surface area contributed by atoms with E-state index in [1.54, 1.807) is 13.2 Å². The third-order valence-corrected chi connectivity index (χ3v) is 7.00. The number of nitrogens with zero attached hydrogens (tertiary/aromatic N) is 1. The van der Waals surface area contributed by atoms with Gasteiger partial charge in [-0.2, -0.15) is 4.31 Å². The highest BCUT2D eigenvalue weighted by atomic mass is 79.9. The fourth-order valence-electron chi connectivity index (χ4n) is 1.69. The molecule has 0 aliphatic rings. The zero-order valence-electron chi connectivity index (χ0n) is 12.0. The Balaban J connectivity index is 2.98. The molecule has 0 saturated heterocycles. The number of rotatable bonds is 9. The molecule has 1 rings (SSSR count). The molecule has 0 fully saturated rings. The summed E-state index contributed by atoms with van der Waals surface area (Å²) < 4.78 is 32.3. The Morgan fingerprint density at radius 1 is 1.45 bits per heavy atom. The summed E-state index contributed by atoms with van der Waals surface area (Å²) in [7, 11) is -1.90. The summed E-state index contributed by atoms with van der Waals surface area (Å²) in [6, 6.07) is 1.74. The molecule has 20 heavy (non-hydrogen) atoms. The van der Waals surface area contributed by atoms with Crippen LogP contribution in [0, 0.1) is 0 Å². The predicted molar refractivity (Wildman–Crippen MR) is 85.7 cm³/mol. The van der Waals surface area contributed by atoms with Gasteiger partial charge in [0.15, 0.2) is 0 Å². The van der Waals surface area contributed by atoms with Crippen LogP contribution in [0.15, 0.2) is 14.7 Å². The van der Waals surface area contributed by atoms with Crippen LogP contribution in [0.25, 0.3) is 0 Å². The molecule has 0 amide bonds. The Kier molecular flexibility index (Phi) is 7.63. The highest BCUT2D eigenvalue weighted by molar-refractivity contribution is 9.11. The normalized spacial score (nSPS) is 12.2. The lowest BCUT2D eigenvalue weighted by Gasteiger charge is -2.19. The Hall–Kier alpha value is 0.01000. The minimum atomic E-state index is -3.47. The molecule has 1 N–H and O–H groups in total. The molecular formula is C12H21BrN2O3S2. The van der Waals surface area contributed by atoms with Crippen LogP contribution in [0.3, 0.4) is 0 Å². The molecule has 1 aromatic heterocycles. The van der Waals surface area contributed by atoms with Gasteiger partial charge >= 0.3 is 0 Å². The predicted octanol–water partition coefficient (Wildman–Crippen LogP) is 2.28. The first-order valence-corrected chi connectivity index (χ1v) is 9.50. The van der Waals surface area contributed by atoms with Crippen molar-refractivity contribution in [2.24, 2.45) is 0 Å². The first-order valence-electron chi connectivity index (χ1n) is 6.45. The summed E-state index contributed by atoms with van der Waals surface area (Å²) in [5.74, 6) is 0. The highest BCUT2D eigenvalue weighted by Gasteiger charge is 2.27. The molecule has 0 atom stereocenters. The van der Waals surface area contributed by atoms with Crippen molar-refractivity contribution in [1.82, 2.24) is 9.62 Å². The number of methoxy groups -OCH3 is 1. The van der Waals surface area contributed by atoms with Crippen molar-refractivity contribution >= 4 is 37.3 Å². The van der Waals surface area contributed by atoms with Crippen molar-refractivity contribution in [3.63, 3.8) is 0 Å². The number of sulfonamides is 1. The van der Waals surface area contributed by atoms with Crippen LogP contribution in [-0.2, 0) is 21.3 Å². The van der Waals surface area contributed by atoms with Crippen LogP contribution in [0.2, 0.25) is 0 Å². The summed E-state index contributed by atoms with van der Waals surface area (Å²) in [6.07, 6.45) is 0. The third-order valence-electron chi connectivity index (χ3n) is 2.77. The van der Waals surface area contributed by atoms with E-state index in [4.69, 9.17) is 4.74 Å². The minimum Gasteiger partial charge on any atom is -0.383 e. The zero-order chi connectivity index (χ0) is 15.2. The molecule has 0 aromatic carbocycles. The van der Waals surface area contributed by atoms with Crippen LogP contribution in [0.4, 0.5) is 0 Å². The van der Waals surface area contributed by atoms with E-state index in [-0.39, 0.29) is 0 Å². The maximum atomic E-state index is 12.6. The van der Waals surface area contributed by atoms with Crippen LogP contribution in [0.1, 0.15) is 18.7 Å². The van der Waals surface area contributed by atoms with Gasteiger partial charge in [0.1, 0.15) is 4.90 Å². The second-order valence-corrected chi connectivity index (χ2v) is 8.48. The number of likely N-dealkylation sites (N-methyl/N-ethyl adjacent to an activating group) is 1. The zero-order valence-corrected chi connectivity index (χ0v) is 15.2. The molecule has 0 aliphatic heterocycles. The van der Waals surface area contributed by atoms with Gasteiger partial charge in [-0.05, 0) is 28.5 Å². The summed E-state index contributed by atoms with van der Waals surface area (Å²) in [4.78, 5) is 1.34. The van der Waals surface area contributed by atoms with E-state index < -0.39 is 10.0 Å². The van der Waals surface area contributed by atoms with Gasteiger partial charge in [0.25, 0.3) is 0 Å². The van der Waals surface area contributed by atoms with E-state index in [0.717, 1.165) is 11.4 Å². The second-order valence-electron chi connectivity index (χ2n) is 4.12. The number of ether oxygens (including phenoxy) is 1. The number of hydrogen-bond acceptors (Lipinski definition) is 5. The number of thiophene rings is 1. The molecule has 0 saturated carbocycles. The first-order chi connectivity index (χ1) is 9.47. The molecular weight excluding hydrogens is 364 g/mol. The smallest absolute Gasteiger partial charge is 0.245 e. The van der Waals surface area contributed by atoms with E-state index >= 15 is 0 Å². The quantitative estimate of drug-likeness (QED) is 0.709. The third kappa shape index (κ3) is 4.51. The van der Waals surface area contributed by atoms with Crippen molar-refractivity contribution in [3.05, 3.63) is 14.7 Å². The van der Waals surface area contributed by atoms with E-state index in [9.17, 15) is 8.42 Å². The SMILES string of the molecule is CCNCc1cc(S(=O)(=O)N(CC)CCOC)c(Br)s1. The standard InChI is InChI=1S/C12H21BrN2O3S2/c1-4-14-9-10-8-11(12(13)19-10)20(16,17)15(5-2)6-7-18-3/h8,14H,4-7,9H2,1-3H3. The average molecular weight is 385 g/mol. The summed E-state index contributed by atoms with van der Waals surface area (Å²) in [6.45, 7) is 6.55. The van der Waals surface area contributed by atoms with Crippen LogP contribution in [0.5, 0.6) is 0 Å². The molecule has 116 valence electrons. The summed E-state index contributed by atoms with van der Waals surface area (Å²) in [5.41, 5.74) is 0. The Bertz CT molecular complexity index is 517. The van der Waals surface area contributed by atoms with Crippen molar-refractivity contribution in [2.45, 2.75) is 25.3 Å². The van der Waals surface area contributed by atoms with Gasteiger partial charge in [0.05, 0.1) is 10.4 Å². The first kappa shape index (κ1) is 18.1. The van der Waals surface area contributed by atoms with Gasteiger partial charge in [0, 0.05) is 31.6 Å². The lowest BCUT2D eigenvalue weighted by atomic mass is 10.4. The molecule has 0 aliphatic carbocycles. The molecule has 1 heterocycles. The second kappa shape index (κ2) is 8.45. The van der Waals surface area contributed by atoms with Crippen LogP contribution < -0.4 is 5.32 Å². The van der Waals surface area contributed by atoms with E-state index in [1.807, 2.05) is 13.8 Å². The molecule has 0 bridgehead atoms. The van der Waals surface area contributed by atoms with Crippen molar-refractivity contribution in [2.75, 3.05) is 33.4 Å². The molecule has 0 spiro atoms. The fraction of sp³-hybridized carbons (Fsp3) is 0.667. The van der Waals surface area contributed by atoms with Gasteiger partial charge in [-0.1, -0.05) is 13.8 Å². The van der Waals surface area contributed by atoms with Gasteiger partial charge in [-0.3, -0.25) is 0 Å². The van der Waals surface area contributed by atoms with E-state index in [0.29, 0.717) is 34.9 Å². The van der Waals surface area contributed by atoms with Gasteiger partial charge in [-0.25, -0.2) is 8.42 Å². The molecule has 0 unspecified atom stereocenters. The van der Waals surface area contributed by atoms with Gasteiger partial charge < -0.3 is 10.1 Å². The maximum Gasteiger partial charge on any atom is 0.245 e. The van der Waals surface area contributed by atoms with Crippen molar-refractivity contribution in [1.29, 1.82) is 0 Å². The average Bonchev–Trinajstić information content (AvgIpc) is 2.79. The van der Waals surface area contributed by atoms with E-state index in [1.165, 1.54) is 15.6 Å². The lowest BCUT2D eigenvalue weighted by Crippen LogP contribution is -2.33. The number of hydrogen-bond donors (Lipinski definition) is 1. The Morgan fingerprint density at radius 3 is 2.70 bits per heavy atom. The lowest BCUT2D eigenvalue weighted by molar-refractivity contribution is 0.180. The highest BCUT2D eigenvalue weighted by Crippen LogP contribution is 2.33. The van der Waals surface area contributed by atoms with Crippen molar-refractivity contribution < 1.29 is 13.2 Å². The molecule has 8 heteroatoms. The summed E-state index contributed by atoms with van der Waals surface area (Å²) >= 11 is 4.81. The molecule has 5 nitrogen and oxygen atoms in total. The van der Waals surface area contributed by atoms with Crippen LogP contribution in [-0.4, -0.2) is 46.1 Å². The maximum absolute atomic E-state index is 12.6. The summed E-state index contributed by atoms with van der Waals surface area (Å²) in [5, 5.41) is 3.20. The molecule has 1 aromatic rings. The minimum absolute atomic E-state index is 0.341. The monoisotopic (exact) mass is 384 g/mol.